The number of methoxy groups -OCH3 is 4. The first-order chi connectivity index (χ1) is 19.9. The van der Waals surface area contributed by atoms with E-state index in [1.807, 2.05) is 6.56 Å². The molecule has 2 aromatic carbocycles. The van der Waals surface area contributed by atoms with Gasteiger partial charge in [0.25, 0.3) is 0 Å². The second-order valence-electron chi connectivity index (χ2n) is 9.54. The third kappa shape index (κ3) is 10.8. The summed E-state index contributed by atoms with van der Waals surface area (Å²) in [5.74, 6) is 0.817. The minimum Gasteiger partial charge on any atom is -0.867 e. The Morgan fingerprint density at radius 3 is 1.24 bits per heavy atom. The minimum absolute atomic E-state index is 0.211. The van der Waals surface area contributed by atoms with Gasteiger partial charge in [-0.3, -0.25) is 0 Å². The Morgan fingerprint density at radius 2 is 0.951 bits per heavy atom. The summed E-state index contributed by atoms with van der Waals surface area (Å²) < 4.78 is 22.9. The average molecular weight is 640 g/mol. The summed E-state index contributed by atoms with van der Waals surface area (Å²) >= 11 is -0.463. The molecule has 2 aromatic rings. The summed E-state index contributed by atoms with van der Waals surface area (Å²) in [5, 5.41) is 22.4. The van der Waals surface area contributed by atoms with Gasteiger partial charge in [0, 0.05) is 0 Å². The summed E-state index contributed by atoms with van der Waals surface area (Å²) in [4.78, 5) is 0. The standard InChI is InChI=1S/2C9H13.2C8H10O3.Zr/c2*1-2-3-6-9-7-4-5-8-9;2*1-10-6-4-3-5-7(11-2)8(6)9;/h2*4,7H,2-3,5-6H2,1H3;2*3-5,9H,1-2H3;/q;;;;+2/p-2. The predicted octanol–water partition coefficient (Wildman–Crippen LogP) is 7.43. The monoisotopic (exact) mass is 638 g/mol. The molecule has 4 rings (SSSR count). The number of unbranched alkanes of at least 4 members (excludes halogenated alkanes) is 2. The summed E-state index contributed by atoms with van der Waals surface area (Å²) in [6, 6.07) is 9.82. The third-order valence-electron chi connectivity index (χ3n) is 6.72. The van der Waals surface area contributed by atoms with Crippen LogP contribution in [-0.4, -0.2) is 28.4 Å². The van der Waals surface area contributed by atoms with E-state index in [4.69, 9.17) is 18.9 Å². The van der Waals surface area contributed by atoms with Crippen LogP contribution in [0, 0.1) is 0 Å². The van der Waals surface area contributed by atoms with Crippen LogP contribution in [0.25, 0.3) is 0 Å². The summed E-state index contributed by atoms with van der Waals surface area (Å²) in [6.07, 6.45) is 20.2. The largest absolute Gasteiger partial charge is 0.867 e. The molecule has 0 saturated carbocycles. The van der Waals surface area contributed by atoms with Crippen molar-refractivity contribution in [2.24, 2.45) is 0 Å². The van der Waals surface area contributed by atoms with Crippen molar-refractivity contribution in [1.82, 2.24) is 0 Å². The van der Waals surface area contributed by atoms with Gasteiger partial charge in [-0.05, 0) is 35.8 Å². The van der Waals surface area contributed by atoms with Gasteiger partial charge in [0.1, 0.15) is 23.0 Å². The summed E-state index contributed by atoms with van der Waals surface area (Å²) in [5.41, 5.74) is 3.42. The Balaban J connectivity index is 0.000000230. The van der Waals surface area contributed by atoms with Crippen molar-refractivity contribution in [1.29, 1.82) is 0 Å². The third-order valence-corrected chi connectivity index (χ3v) is 10.8. The first-order valence-electron chi connectivity index (χ1n) is 14.2. The normalized spacial score (nSPS) is 13.2. The van der Waals surface area contributed by atoms with E-state index in [9.17, 15) is 10.2 Å². The first-order valence-corrected chi connectivity index (χ1v) is 16.7. The van der Waals surface area contributed by atoms with Crippen molar-refractivity contribution < 1.29 is 52.4 Å². The van der Waals surface area contributed by atoms with Crippen LogP contribution in [0.5, 0.6) is 34.5 Å². The van der Waals surface area contributed by atoms with Gasteiger partial charge in [-0.2, -0.15) is 0 Å². The molecule has 2 aliphatic rings. The fourth-order valence-electron chi connectivity index (χ4n) is 4.38. The van der Waals surface area contributed by atoms with E-state index in [-0.39, 0.29) is 11.5 Å². The van der Waals surface area contributed by atoms with Gasteiger partial charge in [-0.25, -0.2) is 0 Å². The van der Waals surface area contributed by atoms with Gasteiger partial charge in [-0.15, -0.1) is 0 Å². The van der Waals surface area contributed by atoms with Crippen molar-refractivity contribution in [3.05, 3.63) is 78.4 Å². The molecule has 2 aliphatic carbocycles. The second kappa shape index (κ2) is 19.2. The van der Waals surface area contributed by atoms with Crippen LogP contribution < -0.4 is 29.2 Å². The topological polar surface area (TPSA) is 83.0 Å². The molecule has 0 bridgehead atoms. The molecule has 0 saturated heterocycles. The molecule has 7 heteroatoms. The maximum atomic E-state index is 11.2. The average Bonchev–Trinajstić information content (AvgIpc) is 3.65. The molecule has 0 aromatic heterocycles. The molecule has 0 N–H and O–H groups in total. The number of hydrogen-bond donors (Lipinski definition) is 0. The Hall–Kier alpha value is -2.92. The van der Waals surface area contributed by atoms with E-state index in [1.165, 1.54) is 79.8 Å². The zero-order chi connectivity index (χ0) is 30.0. The van der Waals surface area contributed by atoms with E-state index in [0.717, 1.165) is 0 Å². The Kier molecular flexibility index (Phi) is 16.1. The molecule has 0 spiro atoms. The van der Waals surface area contributed by atoms with Crippen molar-refractivity contribution >= 4 is 0 Å². The molecule has 220 valence electrons. The van der Waals surface area contributed by atoms with Crippen LogP contribution in [0.1, 0.15) is 65.2 Å². The first kappa shape index (κ1) is 34.3. The zero-order valence-electron chi connectivity index (χ0n) is 25.4. The van der Waals surface area contributed by atoms with Crippen molar-refractivity contribution in [3.8, 4) is 34.5 Å². The maximum absolute atomic E-state index is 11.2. The van der Waals surface area contributed by atoms with Gasteiger partial charge in [0.2, 0.25) is 0 Å². The van der Waals surface area contributed by atoms with Crippen LogP contribution in [-0.2, 0) is 23.2 Å². The Bertz CT molecular complexity index is 1070. The van der Waals surface area contributed by atoms with E-state index < -0.39 is 23.2 Å². The van der Waals surface area contributed by atoms with Crippen LogP contribution in [0.2, 0.25) is 0 Å². The SMILES string of the molecule is CCCCC1=[C]([Zr+2][C]2=C(CCCC)C=CC2)CC=C1.COc1cccc(OC)c1[O-].COc1cccc(OC)c1[O-]. The van der Waals surface area contributed by atoms with Crippen molar-refractivity contribution in [2.75, 3.05) is 28.4 Å². The molecule has 0 aliphatic heterocycles. The molecule has 0 amide bonds. The van der Waals surface area contributed by atoms with Crippen LogP contribution >= 0.6 is 0 Å². The molecular weight excluding hydrogens is 596 g/mol. The van der Waals surface area contributed by atoms with Gasteiger partial charge in [0.05, 0.1) is 28.4 Å². The van der Waals surface area contributed by atoms with Crippen molar-refractivity contribution in [3.63, 3.8) is 0 Å². The molecule has 0 radical (unpaired) electrons. The fourth-order valence-corrected chi connectivity index (χ4v) is 8.17. The zero-order valence-corrected chi connectivity index (χ0v) is 27.8. The van der Waals surface area contributed by atoms with Crippen molar-refractivity contribution in [2.45, 2.75) is 65.2 Å². The molecular formula is C34H44O6Zr. The minimum atomic E-state index is -0.463. The Morgan fingerprint density at radius 1 is 0.610 bits per heavy atom. The smallest absolute Gasteiger partial charge is 0.114 e. The number of benzene rings is 2. The number of ether oxygens (including phenoxy) is 4. The van der Waals surface area contributed by atoms with E-state index in [1.54, 1.807) is 47.5 Å². The van der Waals surface area contributed by atoms with Gasteiger partial charge in [-0.1, -0.05) is 12.1 Å². The van der Waals surface area contributed by atoms with Crippen LogP contribution in [0.15, 0.2) is 78.4 Å². The van der Waals surface area contributed by atoms with Gasteiger partial charge in [0.15, 0.2) is 0 Å². The summed E-state index contributed by atoms with van der Waals surface area (Å²) in [6.45, 7) is 4.59. The Labute approximate surface area is 257 Å². The van der Waals surface area contributed by atoms with E-state index in [2.05, 4.69) is 38.2 Å². The molecule has 0 atom stereocenters. The molecule has 6 nitrogen and oxygen atoms in total. The quantitative estimate of drug-likeness (QED) is 0.240. The number of rotatable bonds is 12. The second-order valence-corrected chi connectivity index (χ2v) is 13.1. The fraction of sp³-hybridized carbons (Fsp3) is 0.412. The predicted molar refractivity (Wildman–Crippen MR) is 159 cm³/mol. The number of para-hydroxylation sites is 2. The maximum Gasteiger partial charge on any atom is 0.114 e. The van der Waals surface area contributed by atoms with E-state index in [0.29, 0.717) is 23.0 Å². The van der Waals surface area contributed by atoms with Gasteiger partial charge >= 0.3 is 130 Å². The number of allylic oxidation sites excluding steroid dienone is 8. The molecule has 0 unspecified atom stereocenters. The van der Waals surface area contributed by atoms with Crippen LogP contribution in [0.3, 0.4) is 0 Å². The van der Waals surface area contributed by atoms with Gasteiger partial charge < -0.3 is 29.2 Å². The number of hydrogen-bond acceptors (Lipinski definition) is 6. The molecule has 0 fully saturated rings. The van der Waals surface area contributed by atoms with Crippen LogP contribution in [0.4, 0.5) is 0 Å². The molecule has 0 heterocycles. The molecule has 41 heavy (non-hydrogen) atoms. The van der Waals surface area contributed by atoms with E-state index >= 15 is 0 Å². The summed E-state index contributed by atoms with van der Waals surface area (Å²) in [7, 11) is 5.82.